The molecule has 0 saturated heterocycles. The molecule has 1 nitrogen and oxygen atoms in total. The summed E-state index contributed by atoms with van der Waals surface area (Å²) in [7, 11) is 0. The number of likely N-dealkylation sites (N-methyl/N-ethyl adjacent to an activating group) is 1. The molecular weight excluding hydrogens is 242 g/mol. The first-order valence-electron chi connectivity index (χ1n) is 8.26. The fraction of sp³-hybridized carbons (Fsp3) is 0.684. The van der Waals surface area contributed by atoms with Gasteiger partial charge >= 0.3 is 0 Å². The van der Waals surface area contributed by atoms with Crippen LogP contribution in [0.25, 0.3) is 0 Å². The van der Waals surface area contributed by atoms with Gasteiger partial charge in [-0.1, -0.05) is 44.4 Å². The van der Waals surface area contributed by atoms with Crippen LogP contribution >= 0.6 is 0 Å². The van der Waals surface area contributed by atoms with Crippen molar-refractivity contribution in [3.63, 3.8) is 0 Å². The molecule has 1 heteroatoms. The molecular formula is C19H31N. The first kappa shape index (κ1) is 15.6. The number of benzene rings is 1. The fourth-order valence-electron chi connectivity index (χ4n) is 4.08. The highest BCUT2D eigenvalue weighted by Gasteiger charge is 2.36. The third kappa shape index (κ3) is 3.25. The summed E-state index contributed by atoms with van der Waals surface area (Å²) in [5, 5.41) is 3.78. The normalized spacial score (nSPS) is 19.2. The van der Waals surface area contributed by atoms with E-state index in [2.05, 4.69) is 52.1 Å². The Bertz CT molecular complexity index is 432. The molecule has 1 N–H and O–H groups in total. The Balaban J connectivity index is 2.24. The molecule has 1 fully saturated rings. The predicted molar refractivity (Wildman–Crippen MR) is 88.4 cm³/mol. The van der Waals surface area contributed by atoms with Gasteiger partial charge in [0.2, 0.25) is 0 Å². The molecule has 0 bridgehead atoms. The Morgan fingerprint density at radius 2 is 1.65 bits per heavy atom. The second-order valence-electron chi connectivity index (χ2n) is 7.05. The molecule has 0 aliphatic heterocycles. The second kappa shape index (κ2) is 6.30. The Kier molecular flexibility index (Phi) is 4.90. The summed E-state index contributed by atoms with van der Waals surface area (Å²) in [6.07, 6.45) is 6.76. The molecule has 1 aromatic rings. The van der Waals surface area contributed by atoms with Crippen LogP contribution in [-0.2, 0) is 6.42 Å². The van der Waals surface area contributed by atoms with E-state index in [0.717, 1.165) is 6.54 Å². The van der Waals surface area contributed by atoms with Crippen LogP contribution in [0.3, 0.4) is 0 Å². The predicted octanol–water partition coefficient (Wildman–Crippen LogP) is 4.71. The van der Waals surface area contributed by atoms with Crippen LogP contribution in [0.15, 0.2) is 12.1 Å². The molecule has 1 saturated carbocycles. The van der Waals surface area contributed by atoms with Crippen LogP contribution in [0.4, 0.5) is 0 Å². The zero-order valence-electron chi connectivity index (χ0n) is 14.0. The molecule has 2 rings (SSSR count). The lowest BCUT2D eigenvalue weighted by molar-refractivity contribution is 0.221. The van der Waals surface area contributed by atoms with Gasteiger partial charge in [-0.05, 0) is 68.7 Å². The maximum atomic E-state index is 3.78. The van der Waals surface area contributed by atoms with E-state index in [0.29, 0.717) is 11.5 Å². The molecule has 1 aliphatic carbocycles. The molecule has 1 unspecified atom stereocenters. The third-order valence-electron chi connectivity index (χ3n) is 5.29. The van der Waals surface area contributed by atoms with Crippen molar-refractivity contribution in [2.45, 2.75) is 72.8 Å². The van der Waals surface area contributed by atoms with Gasteiger partial charge in [0, 0.05) is 6.04 Å². The maximum absolute atomic E-state index is 3.78. The Hall–Kier alpha value is -0.820. The summed E-state index contributed by atoms with van der Waals surface area (Å²) >= 11 is 0. The van der Waals surface area contributed by atoms with Crippen molar-refractivity contribution in [3.05, 3.63) is 34.4 Å². The van der Waals surface area contributed by atoms with Crippen LogP contribution < -0.4 is 5.32 Å². The molecule has 0 heterocycles. The van der Waals surface area contributed by atoms with Crippen molar-refractivity contribution >= 4 is 0 Å². The minimum Gasteiger partial charge on any atom is -0.313 e. The molecule has 0 aromatic heterocycles. The number of aryl methyl sites for hydroxylation is 3. The highest BCUT2D eigenvalue weighted by molar-refractivity contribution is 5.38. The van der Waals surface area contributed by atoms with E-state index in [4.69, 9.17) is 0 Å². The van der Waals surface area contributed by atoms with E-state index in [1.807, 2.05) is 0 Å². The Morgan fingerprint density at radius 1 is 1.10 bits per heavy atom. The van der Waals surface area contributed by atoms with Crippen LogP contribution in [0.5, 0.6) is 0 Å². The Morgan fingerprint density at radius 3 is 2.15 bits per heavy atom. The van der Waals surface area contributed by atoms with Gasteiger partial charge in [0.15, 0.2) is 0 Å². The fourth-order valence-corrected chi connectivity index (χ4v) is 4.08. The van der Waals surface area contributed by atoms with Crippen molar-refractivity contribution < 1.29 is 0 Å². The van der Waals surface area contributed by atoms with Crippen LogP contribution in [0.2, 0.25) is 0 Å². The topological polar surface area (TPSA) is 12.0 Å². The number of hydrogen-bond acceptors (Lipinski definition) is 1. The number of hydrogen-bond donors (Lipinski definition) is 1. The van der Waals surface area contributed by atoms with Crippen LogP contribution in [0.1, 0.15) is 61.8 Å². The van der Waals surface area contributed by atoms with Gasteiger partial charge in [-0.15, -0.1) is 0 Å². The van der Waals surface area contributed by atoms with Gasteiger partial charge in [0.25, 0.3) is 0 Å². The van der Waals surface area contributed by atoms with E-state index >= 15 is 0 Å². The SMILES string of the molecule is CCNC(Cc1c(C)cc(C)cc1C)C1(C)CCCC1. The summed E-state index contributed by atoms with van der Waals surface area (Å²) in [6, 6.07) is 5.29. The number of nitrogens with one attached hydrogen (secondary N) is 1. The molecule has 1 aromatic carbocycles. The lowest BCUT2D eigenvalue weighted by atomic mass is 9.76. The molecule has 0 radical (unpaired) electrons. The van der Waals surface area contributed by atoms with Gasteiger partial charge in [0.05, 0.1) is 0 Å². The minimum atomic E-state index is 0.486. The molecule has 112 valence electrons. The zero-order chi connectivity index (χ0) is 14.8. The highest BCUT2D eigenvalue weighted by atomic mass is 14.9. The van der Waals surface area contributed by atoms with Gasteiger partial charge in [0.1, 0.15) is 0 Å². The van der Waals surface area contributed by atoms with E-state index in [9.17, 15) is 0 Å². The summed E-state index contributed by atoms with van der Waals surface area (Å²) in [6.45, 7) is 12.5. The van der Waals surface area contributed by atoms with E-state index < -0.39 is 0 Å². The van der Waals surface area contributed by atoms with Crippen molar-refractivity contribution in [3.8, 4) is 0 Å². The monoisotopic (exact) mass is 273 g/mol. The summed E-state index contributed by atoms with van der Waals surface area (Å²) in [4.78, 5) is 0. The third-order valence-corrected chi connectivity index (χ3v) is 5.29. The molecule has 1 aliphatic rings. The number of rotatable bonds is 5. The van der Waals surface area contributed by atoms with Crippen molar-refractivity contribution in [2.75, 3.05) is 6.54 Å². The first-order valence-corrected chi connectivity index (χ1v) is 8.26. The minimum absolute atomic E-state index is 0.486. The molecule has 0 spiro atoms. The van der Waals surface area contributed by atoms with Gasteiger partial charge < -0.3 is 5.32 Å². The van der Waals surface area contributed by atoms with Crippen LogP contribution in [0, 0.1) is 26.2 Å². The largest absolute Gasteiger partial charge is 0.313 e. The van der Waals surface area contributed by atoms with Crippen molar-refractivity contribution in [1.82, 2.24) is 5.32 Å². The molecule has 20 heavy (non-hydrogen) atoms. The maximum Gasteiger partial charge on any atom is 0.0161 e. The summed E-state index contributed by atoms with van der Waals surface area (Å²) in [5.41, 5.74) is 6.37. The van der Waals surface area contributed by atoms with E-state index in [1.54, 1.807) is 5.56 Å². The van der Waals surface area contributed by atoms with Crippen molar-refractivity contribution in [1.29, 1.82) is 0 Å². The summed E-state index contributed by atoms with van der Waals surface area (Å²) < 4.78 is 0. The van der Waals surface area contributed by atoms with Gasteiger partial charge in [-0.3, -0.25) is 0 Å². The quantitative estimate of drug-likeness (QED) is 0.819. The van der Waals surface area contributed by atoms with Gasteiger partial charge in [-0.2, -0.15) is 0 Å². The van der Waals surface area contributed by atoms with E-state index in [-0.39, 0.29) is 0 Å². The Labute approximate surface area is 125 Å². The van der Waals surface area contributed by atoms with Gasteiger partial charge in [-0.25, -0.2) is 0 Å². The van der Waals surface area contributed by atoms with Crippen LogP contribution in [-0.4, -0.2) is 12.6 Å². The molecule has 0 amide bonds. The van der Waals surface area contributed by atoms with E-state index in [1.165, 1.54) is 48.8 Å². The zero-order valence-corrected chi connectivity index (χ0v) is 14.0. The molecule has 1 atom stereocenters. The lowest BCUT2D eigenvalue weighted by Gasteiger charge is -2.35. The summed E-state index contributed by atoms with van der Waals surface area (Å²) in [5.74, 6) is 0. The lowest BCUT2D eigenvalue weighted by Crippen LogP contribution is -2.44. The highest BCUT2D eigenvalue weighted by Crippen LogP contribution is 2.42. The second-order valence-corrected chi connectivity index (χ2v) is 7.05. The average molecular weight is 273 g/mol. The van der Waals surface area contributed by atoms with Crippen molar-refractivity contribution in [2.24, 2.45) is 5.41 Å². The standard InChI is InChI=1S/C19H31N/c1-6-20-18(19(5)9-7-8-10-19)13-17-15(3)11-14(2)12-16(17)4/h11-12,18,20H,6-10,13H2,1-5H3. The average Bonchev–Trinajstić information content (AvgIpc) is 2.80. The smallest absolute Gasteiger partial charge is 0.0161 e. The first-order chi connectivity index (χ1) is 9.46.